The van der Waals surface area contributed by atoms with Crippen LogP contribution in [0, 0.1) is 0 Å². The Balaban J connectivity index is 2.48. The Morgan fingerprint density at radius 3 is 2.65 bits per heavy atom. The Bertz CT molecular complexity index is 525. The van der Waals surface area contributed by atoms with E-state index in [2.05, 4.69) is 0 Å². The molecule has 88 valence electrons. The molecular formula is C14H14ClNO. The first-order valence-corrected chi connectivity index (χ1v) is 5.87. The Morgan fingerprint density at radius 1 is 1.18 bits per heavy atom. The van der Waals surface area contributed by atoms with Gasteiger partial charge in [-0.25, -0.2) is 0 Å². The number of hydrogen-bond acceptors (Lipinski definition) is 2. The van der Waals surface area contributed by atoms with Crippen LogP contribution in [0.1, 0.15) is 6.92 Å². The summed E-state index contributed by atoms with van der Waals surface area (Å²) in [6, 6.07) is 13.5. The summed E-state index contributed by atoms with van der Waals surface area (Å²) < 4.78 is 5.59. The highest BCUT2D eigenvalue weighted by Crippen LogP contribution is 2.32. The van der Waals surface area contributed by atoms with Crippen LogP contribution >= 0.6 is 11.6 Å². The van der Waals surface area contributed by atoms with E-state index in [0.717, 1.165) is 16.9 Å². The maximum atomic E-state index is 5.91. The van der Waals surface area contributed by atoms with E-state index in [1.54, 1.807) is 6.07 Å². The molecule has 2 aromatic rings. The zero-order valence-corrected chi connectivity index (χ0v) is 10.4. The predicted octanol–water partition coefficient (Wildman–Crippen LogP) is 3.99. The van der Waals surface area contributed by atoms with Gasteiger partial charge in [-0.15, -0.1) is 0 Å². The van der Waals surface area contributed by atoms with Gasteiger partial charge >= 0.3 is 0 Å². The largest absolute Gasteiger partial charge is 0.493 e. The molecule has 0 saturated heterocycles. The third-order valence-electron chi connectivity index (χ3n) is 2.49. The van der Waals surface area contributed by atoms with Crippen molar-refractivity contribution in [2.24, 2.45) is 0 Å². The second kappa shape index (κ2) is 5.11. The molecule has 0 aliphatic rings. The molecule has 3 heteroatoms. The number of halogens is 1. The lowest BCUT2D eigenvalue weighted by Gasteiger charge is -2.10. The summed E-state index contributed by atoms with van der Waals surface area (Å²) in [7, 11) is 0. The summed E-state index contributed by atoms with van der Waals surface area (Å²) in [4.78, 5) is 0. The van der Waals surface area contributed by atoms with Gasteiger partial charge in [0.2, 0.25) is 0 Å². The number of nitrogen functional groups attached to an aromatic ring is 1. The molecule has 0 unspecified atom stereocenters. The average Bonchev–Trinajstić information content (AvgIpc) is 2.34. The minimum Gasteiger partial charge on any atom is -0.493 e. The van der Waals surface area contributed by atoms with E-state index in [1.165, 1.54) is 0 Å². The lowest BCUT2D eigenvalue weighted by Crippen LogP contribution is -1.94. The van der Waals surface area contributed by atoms with Crippen molar-refractivity contribution < 1.29 is 4.74 Å². The molecule has 0 spiro atoms. The summed E-state index contributed by atoms with van der Waals surface area (Å²) in [5, 5.41) is 0.572. The fourth-order valence-corrected chi connectivity index (χ4v) is 1.82. The average molecular weight is 248 g/mol. The molecule has 17 heavy (non-hydrogen) atoms. The predicted molar refractivity (Wildman–Crippen MR) is 72.5 cm³/mol. The summed E-state index contributed by atoms with van der Waals surface area (Å²) in [6.45, 7) is 2.60. The summed E-state index contributed by atoms with van der Waals surface area (Å²) in [5.74, 6) is 0.858. The SMILES string of the molecule is CCOc1ccccc1-c1ccc(Cl)c(N)c1. The molecule has 2 N–H and O–H groups in total. The fourth-order valence-electron chi connectivity index (χ4n) is 1.70. The minimum absolute atomic E-state index is 0.572. The topological polar surface area (TPSA) is 35.2 Å². The normalized spacial score (nSPS) is 10.2. The molecule has 2 aromatic carbocycles. The number of hydrogen-bond donors (Lipinski definition) is 1. The molecular weight excluding hydrogens is 234 g/mol. The standard InChI is InChI=1S/C14H14ClNO/c1-2-17-14-6-4-3-5-11(14)10-7-8-12(15)13(16)9-10/h3-9H,2,16H2,1H3. The van der Waals surface area contributed by atoms with Crippen molar-refractivity contribution in [3.8, 4) is 16.9 Å². The van der Waals surface area contributed by atoms with Gasteiger partial charge in [0.1, 0.15) is 5.75 Å². The molecule has 0 atom stereocenters. The van der Waals surface area contributed by atoms with Gasteiger partial charge in [-0.3, -0.25) is 0 Å². The van der Waals surface area contributed by atoms with Gasteiger partial charge in [-0.05, 0) is 30.7 Å². The van der Waals surface area contributed by atoms with Crippen molar-refractivity contribution >= 4 is 17.3 Å². The van der Waals surface area contributed by atoms with Crippen molar-refractivity contribution in [3.63, 3.8) is 0 Å². The molecule has 0 amide bonds. The van der Waals surface area contributed by atoms with Crippen LogP contribution in [0.2, 0.25) is 5.02 Å². The Labute approximate surface area is 106 Å². The Morgan fingerprint density at radius 2 is 1.94 bits per heavy atom. The van der Waals surface area contributed by atoms with Crippen LogP contribution in [0.25, 0.3) is 11.1 Å². The van der Waals surface area contributed by atoms with Gasteiger partial charge < -0.3 is 10.5 Å². The number of nitrogens with two attached hydrogens (primary N) is 1. The van der Waals surface area contributed by atoms with Gasteiger partial charge in [-0.2, -0.15) is 0 Å². The summed E-state index contributed by atoms with van der Waals surface area (Å²) >= 11 is 5.91. The molecule has 0 fully saturated rings. The maximum absolute atomic E-state index is 5.91. The van der Waals surface area contributed by atoms with Crippen molar-refractivity contribution in [1.82, 2.24) is 0 Å². The van der Waals surface area contributed by atoms with Crippen LogP contribution in [-0.2, 0) is 0 Å². The molecule has 0 aromatic heterocycles. The van der Waals surface area contributed by atoms with Crippen LogP contribution in [0.5, 0.6) is 5.75 Å². The zero-order chi connectivity index (χ0) is 12.3. The Kier molecular flexibility index (Phi) is 3.55. The maximum Gasteiger partial charge on any atom is 0.127 e. The van der Waals surface area contributed by atoms with Crippen LogP contribution in [-0.4, -0.2) is 6.61 Å². The van der Waals surface area contributed by atoms with Crippen molar-refractivity contribution in [3.05, 3.63) is 47.5 Å². The first-order chi connectivity index (χ1) is 8.22. The van der Waals surface area contributed by atoms with Gasteiger partial charge in [0, 0.05) is 5.56 Å². The summed E-state index contributed by atoms with van der Waals surface area (Å²) in [6.07, 6.45) is 0. The number of anilines is 1. The van der Waals surface area contributed by atoms with Gasteiger partial charge in [0.05, 0.1) is 17.3 Å². The molecule has 2 nitrogen and oxygen atoms in total. The monoisotopic (exact) mass is 247 g/mol. The Hall–Kier alpha value is -1.67. The van der Waals surface area contributed by atoms with Gasteiger partial charge in [0.15, 0.2) is 0 Å². The van der Waals surface area contributed by atoms with Gasteiger partial charge in [-0.1, -0.05) is 35.9 Å². The number of ether oxygens (including phenoxy) is 1. The third-order valence-corrected chi connectivity index (χ3v) is 2.84. The smallest absolute Gasteiger partial charge is 0.127 e. The molecule has 0 aliphatic carbocycles. The van der Waals surface area contributed by atoms with Crippen molar-refractivity contribution in [2.45, 2.75) is 6.92 Å². The first kappa shape index (κ1) is 11.8. The van der Waals surface area contributed by atoms with Crippen molar-refractivity contribution in [1.29, 1.82) is 0 Å². The van der Waals surface area contributed by atoms with Crippen molar-refractivity contribution in [2.75, 3.05) is 12.3 Å². The highest BCUT2D eigenvalue weighted by atomic mass is 35.5. The lowest BCUT2D eigenvalue weighted by molar-refractivity contribution is 0.341. The van der Waals surface area contributed by atoms with E-state index in [-0.39, 0.29) is 0 Å². The van der Waals surface area contributed by atoms with E-state index >= 15 is 0 Å². The highest BCUT2D eigenvalue weighted by molar-refractivity contribution is 6.33. The summed E-state index contributed by atoms with van der Waals surface area (Å²) in [5.41, 5.74) is 8.42. The van der Waals surface area contributed by atoms with Crippen LogP contribution < -0.4 is 10.5 Å². The highest BCUT2D eigenvalue weighted by Gasteiger charge is 2.06. The van der Waals surface area contributed by atoms with Crippen LogP contribution in [0.15, 0.2) is 42.5 Å². The van der Waals surface area contributed by atoms with E-state index in [9.17, 15) is 0 Å². The first-order valence-electron chi connectivity index (χ1n) is 5.49. The second-order valence-electron chi connectivity index (χ2n) is 3.67. The van der Waals surface area contributed by atoms with E-state index in [4.69, 9.17) is 22.1 Å². The van der Waals surface area contributed by atoms with Crippen LogP contribution in [0.3, 0.4) is 0 Å². The lowest BCUT2D eigenvalue weighted by atomic mass is 10.0. The molecule has 0 bridgehead atoms. The van der Waals surface area contributed by atoms with E-state index in [0.29, 0.717) is 17.3 Å². The second-order valence-corrected chi connectivity index (χ2v) is 4.07. The molecule has 0 heterocycles. The minimum atomic E-state index is 0.572. The number of benzene rings is 2. The third kappa shape index (κ3) is 2.53. The van der Waals surface area contributed by atoms with E-state index < -0.39 is 0 Å². The fraction of sp³-hybridized carbons (Fsp3) is 0.143. The molecule has 2 rings (SSSR count). The van der Waals surface area contributed by atoms with Gasteiger partial charge in [0.25, 0.3) is 0 Å². The van der Waals surface area contributed by atoms with Crippen LogP contribution in [0.4, 0.5) is 5.69 Å². The number of para-hydroxylation sites is 1. The molecule has 0 radical (unpaired) electrons. The zero-order valence-electron chi connectivity index (χ0n) is 9.61. The van der Waals surface area contributed by atoms with E-state index in [1.807, 2.05) is 43.3 Å². The number of rotatable bonds is 3. The molecule has 0 aliphatic heterocycles. The molecule has 0 saturated carbocycles. The quantitative estimate of drug-likeness (QED) is 0.833.